The Morgan fingerprint density at radius 2 is 2.00 bits per heavy atom. The van der Waals surface area contributed by atoms with Crippen LogP contribution in [0, 0.1) is 0 Å². The highest BCUT2D eigenvalue weighted by molar-refractivity contribution is 5.80. The van der Waals surface area contributed by atoms with E-state index >= 15 is 0 Å². The fourth-order valence-electron chi connectivity index (χ4n) is 1.86. The van der Waals surface area contributed by atoms with E-state index in [0.29, 0.717) is 25.4 Å². The maximum atomic E-state index is 11.8. The number of nitrogens with two attached hydrogens (primary N) is 2. The van der Waals surface area contributed by atoms with Crippen molar-refractivity contribution in [1.82, 2.24) is 10.2 Å². The summed E-state index contributed by atoms with van der Waals surface area (Å²) in [7, 11) is 1.56. The molecule has 7 nitrogen and oxygen atoms in total. The van der Waals surface area contributed by atoms with Gasteiger partial charge in [-0.3, -0.25) is 14.5 Å². The molecule has 1 aromatic rings. The van der Waals surface area contributed by atoms with Crippen molar-refractivity contribution in [1.29, 1.82) is 0 Å². The lowest BCUT2D eigenvalue weighted by Crippen LogP contribution is -2.41. The summed E-state index contributed by atoms with van der Waals surface area (Å²) in [6, 6.07) is 7.31. The number of nitrogens with zero attached hydrogens (tertiary/aromatic N) is 1. The Morgan fingerprint density at radius 1 is 1.29 bits per heavy atom. The van der Waals surface area contributed by atoms with E-state index in [9.17, 15) is 9.59 Å². The zero-order chi connectivity index (χ0) is 15.7. The third-order valence-electron chi connectivity index (χ3n) is 2.82. The predicted octanol–water partition coefficient (Wildman–Crippen LogP) is -0.681. The largest absolute Gasteiger partial charge is 0.398 e. The predicted molar refractivity (Wildman–Crippen MR) is 80.2 cm³/mol. The number of hydrogen-bond acceptors (Lipinski definition) is 5. The van der Waals surface area contributed by atoms with Gasteiger partial charge in [-0.05, 0) is 11.6 Å². The van der Waals surface area contributed by atoms with Crippen LogP contribution < -0.4 is 16.8 Å². The van der Waals surface area contributed by atoms with Gasteiger partial charge in [-0.2, -0.15) is 0 Å². The highest BCUT2D eigenvalue weighted by Gasteiger charge is 2.14. The van der Waals surface area contributed by atoms with Crippen LogP contribution >= 0.6 is 0 Å². The highest BCUT2D eigenvalue weighted by Crippen LogP contribution is 2.13. The first-order chi connectivity index (χ1) is 10.0. The van der Waals surface area contributed by atoms with E-state index in [4.69, 9.17) is 16.2 Å². The molecular formula is C14H22N4O3. The second-order valence-corrected chi connectivity index (χ2v) is 4.65. The summed E-state index contributed by atoms with van der Waals surface area (Å²) in [4.78, 5) is 24.6. The topological polar surface area (TPSA) is 111 Å². The third kappa shape index (κ3) is 6.73. The van der Waals surface area contributed by atoms with E-state index in [1.807, 2.05) is 18.2 Å². The molecule has 7 heteroatoms. The third-order valence-corrected chi connectivity index (χ3v) is 2.82. The van der Waals surface area contributed by atoms with Crippen molar-refractivity contribution in [2.45, 2.75) is 6.54 Å². The van der Waals surface area contributed by atoms with Gasteiger partial charge in [-0.1, -0.05) is 18.2 Å². The molecule has 5 N–H and O–H groups in total. The van der Waals surface area contributed by atoms with Crippen molar-refractivity contribution in [3.8, 4) is 0 Å². The lowest BCUT2D eigenvalue weighted by molar-refractivity contribution is -0.124. The summed E-state index contributed by atoms with van der Waals surface area (Å²) in [5.74, 6) is -0.683. The number of para-hydroxylation sites is 1. The molecule has 0 fully saturated rings. The number of methoxy groups -OCH3 is 1. The molecule has 0 aliphatic rings. The van der Waals surface area contributed by atoms with Crippen LogP contribution in [-0.2, 0) is 20.9 Å². The maximum Gasteiger partial charge on any atom is 0.234 e. The van der Waals surface area contributed by atoms with Crippen LogP contribution in [0.15, 0.2) is 24.3 Å². The molecule has 0 aliphatic carbocycles. The van der Waals surface area contributed by atoms with Crippen molar-refractivity contribution in [3.63, 3.8) is 0 Å². The Labute approximate surface area is 124 Å². The van der Waals surface area contributed by atoms with Gasteiger partial charge >= 0.3 is 0 Å². The number of amides is 2. The van der Waals surface area contributed by atoms with E-state index in [1.54, 1.807) is 18.1 Å². The Hall–Kier alpha value is -2.12. The number of ether oxygens (including phenoxy) is 1. The van der Waals surface area contributed by atoms with Gasteiger partial charge in [0, 0.05) is 25.9 Å². The van der Waals surface area contributed by atoms with Crippen molar-refractivity contribution >= 4 is 17.5 Å². The number of nitrogen functional groups attached to an aromatic ring is 1. The molecule has 0 saturated heterocycles. The molecule has 0 aliphatic heterocycles. The average Bonchev–Trinajstić information content (AvgIpc) is 2.41. The second-order valence-electron chi connectivity index (χ2n) is 4.65. The van der Waals surface area contributed by atoms with Gasteiger partial charge in [-0.25, -0.2) is 0 Å². The van der Waals surface area contributed by atoms with Crippen LogP contribution in [0.5, 0.6) is 0 Å². The molecule has 0 radical (unpaired) electrons. The average molecular weight is 294 g/mol. The summed E-state index contributed by atoms with van der Waals surface area (Å²) in [6.45, 7) is 1.31. The van der Waals surface area contributed by atoms with E-state index in [0.717, 1.165) is 5.56 Å². The molecule has 0 bridgehead atoms. The number of carbonyl (C=O) groups is 2. The van der Waals surface area contributed by atoms with Crippen LogP contribution in [0.25, 0.3) is 0 Å². The number of hydrogen-bond donors (Lipinski definition) is 3. The van der Waals surface area contributed by atoms with Crippen LogP contribution in [0.4, 0.5) is 5.69 Å². The lowest BCUT2D eigenvalue weighted by Gasteiger charge is -2.21. The number of carbonyl (C=O) groups excluding carboxylic acids is 2. The molecule has 1 rings (SSSR count). The summed E-state index contributed by atoms with van der Waals surface area (Å²) in [5, 5.41) is 2.70. The molecule has 0 aromatic heterocycles. The number of primary amides is 1. The van der Waals surface area contributed by atoms with Gasteiger partial charge in [0.1, 0.15) is 0 Å². The summed E-state index contributed by atoms with van der Waals surface area (Å²) in [6.07, 6.45) is 0. The van der Waals surface area contributed by atoms with E-state index in [-0.39, 0.29) is 19.0 Å². The quantitative estimate of drug-likeness (QED) is 0.413. The molecular weight excluding hydrogens is 272 g/mol. The van der Waals surface area contributed by atoms with Gasteiger partial charge in [0.2, 0.25) is 11.8 Å². The van der Waals surface area contributed by atoms with Crippen molar-refractivity contribution in [2.75, 3.05) is 39.1 Å². The van der Waals surface area contributed by atoms with E-state index < -0.39 is 5.91 Å². The first-order valence-corrected chi connectivity index (χ1v) is 6.62. The van der Waals surface area contributed by atoms with Crippen molar-refractivity contribution in [3.05, 3.63) is 29.8 Å². The zero-order valence-corrected chi connectivity index (χ0v) is 12.2. The molecule has 0 atom stereocenters. The number of anilines is 1. The fraction of sp³-hybridized carbons (Fsp3) is 0.429. The Kier molecular flexibility index (Phi) is 7.20. The molecule has 0 saturated carbocycles. The molecule has 1 aromatic carbocycles. The monoisotopic (exact) mass is 294 g/mol. The van der Waals surface area contributed by atoms with Crippen molar-refractivity contribution in [2.24, 2.45) is 5.73 Å². The molecule has 0 heterocycles. The van der Waals surface area contributed by atoms with Crippen LogP contribution in [0.2, 0.25) is 0 Å². The molecule has 2 amide bonds. The second kappa shape index (κ2) is 8.93. The van der Waals surface area contributed by atoms with Gasteiger partial charge in [0.05, 0.1) is 19.7 Å². The zero-order valence-electron chi connectivity index (χ0n) is 12.2. The Balaban J connectivity index is 2.61. The Bertz CT molecular complexity index is 479. The number of nitrogens with one attached hydrogen (secondary N) is 1. The summed E-state index contributed by atoms with van der Waals surface area (Å²) >= 11 is 0. The van der Waals surface area contributed by atoms with Gasteiger partial charge < -0.3 is 21.5 Å². The van der Waals surface area contributed by atoms with Crippen LogP contribution in [0.3, 0.4) is 0 Å². The minimum atomic E-state index is -0.491. The fourth-order valence-corrected chi connectivity index (χ4v) is 1.86. The Morgan fingerprint density at radius 3 is 2.62 bits per heavy atom. The standard InChI is InChI=1S/C14H22N4O3/c1-21-7-6-17-14(20)10-18(9-13(16)19)8-11-4-2-3-5-12(11)15/h2-5H,6-10,15H2,1H3,(H2,16,19)(H,17,20). The summed E-state index contributed by atoms with van der Waals surface area (Å²) in [5.41, 5.74) is 12.6. The van der Waals surface area contributed by atoms with E-state index in [1.165, 1.54) is 0 Å². The van der Waals surface area contributed by atoms with Gasteiger partial charge in [-0.15, -0.1) is 0 Å². The summed E-state index contributed by atoms with van der Waals surface area (Å²) < 4.78 is 4.85. The number of rotatable bonds is 9. The molecule has 21 heavy (non-hydrogen) atoms. The molecule has 116 valence electrons. The maximum absolute atomic E-state index is 11.8. The molecule has 0 spiro atoms. The SMILES string of the molecule is COCCNC(=O)CN(CC(N)=O)Cc1ccccc1N. The van der Waals surface area contributed by atoms with E-state index in [2.05, 4.69) is 5.32 Å². The minimum absolute atomic E-state index is 0.00790. The lowest BCUT2D eigenvalue weighted by atomic mass is 10.1. The number of benzene rings is 1. The van der Waals surface area contributed by atoms with Crippen LogP contribution in [-0.4, -0.2) is 50.1 Å². The minimum Gasteiger partial charge on any atom is -0.398 e. The first kappa shape index (κ1) is 16.9. The van der Waals surface area contributed by atoms with Gasteiger partial charge in [0.25, 0.3) is 0 Å². The normalized spacial score (nSPS) is 10.6. The van der Waals surface area contributed by atoms with Gasteiger partial charge in [0.15, 0.2) is 0 Å². The first-order valence-electron chi connectivity index (χ1n) is 6.62. The smallest absolute Gasteiger partial charge is 0.234 e. The highest BCUT2D eigenvalue weighted by atomic mass is 16.5. The molecule has 0 unspecified atom stereocenters. The van der Waals surface area contributed by atoms with Crippen LogP contribution in [0.1, 0.15) is 5.56 Å². The van der Waals surface area contributed by atoms with Crippen molar-refractivity contribution < 1.29 is 14.3 Å².